The van der Waals surface area contributed by atoms with Gasteiger partial charge in [0.05, 0.1) is 0 Å². The number of carbonyl (C=O) groups is 1. The third-order valence-electron chi connectivity index (χ3n) is 5.15. The molecule has 0 unspecified atom stereocenters. The first-order valence-corrected chi connectivity index (χ1v) is 10.1. The molecule has 27 heavy (non-hydrogen) atoms. The van der Waals surface area contributed by atoms with E-state index in [9.17, 15) is 4.79 Å². The number of hydrogen-bond acceptors (Lipinski definition) is 6. The van der Waals surface area contributed by atoms with E-state index in [2.05, 4.69) is 36.3 Å². The fraction of sp³-hybridized carbons (Fsp3) is 0.500. The molecule has 0 aromatic carbocycles. The van der Waals surface area contributed by atoms with E-state index >= 15 is 0 Å². The summed E-state index contributed by atoms with van der Waals surface area (Å²) in [6.07, 6.45) is 6.49. The van der Waals surface area contributed by atoms with E-state index < -0.39 is 0 Å². The SMILES string of the molecule is Cn1c(Cn2cncn2)nnc1C1CCN(C(=O)CCc2cccs2)CC1. The minimum absolute atomic E-state index is 0.256. The van der Waals surface area contributed by atoms with Crippen LogP contribution in [0.25, 0.3) is 0 Å². The smallest absolute Gasteiger partial charge is 0.222 e. The van der Waals surface area contributed by atoms with Crippen molar-refractivity contribution >= 4 is 17.2 Å². The normalized spacial score (nSPS) is 15.4. The number of likely N-dealkylation sites (tertiary alicyclic amines) is 1. The maximum absolute atomic E-state index is 12.5. The molecule has 142 valence electrons. The second kappa shape index (κ2) is 7.99. The first-order chi connectivity index (χ1) is 13.2. The third kappa shape index (κ3) is 4.08. The van der Waals surface area contributed by atoms with Gasteiger partial charge in [-0.2, -0.15) is 5.10 Å². The fourth-order valence-electron chi connectivity index (χ4n) is 3.56. The van der Waals surface area contributed by atoms with Gasteiger partial charge in [-0.3, -0.25) is 4.79 Å². The molecular formula is C18H23N7OS. The Morgan fingerprint density at radius 1 is 1.30 bits per heavy atom. The van der Waals surface area contributed by atoms with Crippen LogP contribution in [0.4, 0.5) is 0 Å². The summed E-state index contributed by atoms with van der Waals surface area (Å²) in [5.41, 5.74) is 0. The van der Waals surface area contributed by atoms with E-state index in [1.54, 1.807) is 22.3 Å². The van der Waals surface area contributed by atoms with Crippen LogP contribution in [-0.2, 0) is 24.8 Å². The van der Waals surface area contributed by atoms with Crippen molar-refractivity contribution < 1.29 is 4.79 Å². The minimum atomic E-state index is 0.256. The van der Waals surface area contributed by atoms with Gasteiger partial charge in [-0.15, -0.1) is 21.5 Å². The van der Waals surface area contributed by atoms with Gasteiger partial charge in [-0.1, -0.05) is 6.07 Å². The quantitative estimate of drug-likeness (QED) is 0.647. The van der Waals surface area contributed by atoms with Crippen LogP contribution in [0.5, 0.6) is 0 Å². The van der Waals surface area contributed by atoms with E-state index in [0.717, 1.165) is 44.0 Å². The van der Waals surface area contributed by atoms with Crippen molar-refractivity contribution in [3.63, 3.8) is 0 Å². The van der Waals surface area contributed by atoms with Crippen molar-refractivity contribution in [2.45, 2.75) is 38.1 Å². The molecule has 1 aliphatic rings. The molecule has 4 heterocycles. The van der Waals surface area contributed by atoms with Crippen molar-refractivity contribution in [2.75, 3.05) is 13.1 Å². The number of piperidine rings is 1. The second-order valence-electron chi connectivity index (χ2n) is 6.86. The van der Waals surface area contributed by atoms with Crippen LogP contribution in [0.15, 0.2) is 30.2 Å². The van der Waals surface area contributed by atoms with Gasteiger partial charge >= 0.3 is 0 Å². The van der Waals surface area contributed by atoms with Crippen LogP contribution in [0, 0.1) is 0 Å². The summed E-state index contributed by atoms with van der Waals surface area (Å²) in [7, 11) is 2.00. The van der Waals surface area contributed by atoms with Crippen molar-refractivity contribution in [1.29, 1.82) is 0 Å². The maximum Gasteiger partial charge on any atom is 0.222 e. The molecule has 0 atom stereocenters. The summed E-state index contributed by atoms with van der Waals surface area (Å²) >= 11 is 1.72. The van der Waals surface area contributed by atoms with Crippen LogP contribution in [0.1, 0.15) is 41.7 Å². The van der Waals surface area contributed by atoms with Crippen molar-refractivity contribution in [1.82, 2.24) is 34.4 Å². The van der Waals surface area contributed by atoms with Gasteiger partial charge in [-0.25, -0.2) is 9.67 Å². The van der Waals surface area contributed by atoms with E-state index in [1.807, 2.05) is 18.0 Å². The molecule has 0 aliphatic carbocycles. The van der Waals surface area contributed by atoms with Crippen molar-refractivity contribution in [3.05, 3.63) is 46.7 Å². The maximum atomic E-state index is 12.5. The third-order valence-corrected chi connectivity index (χ3v) is 6.08. The molecule has 0 spiro atoms. The summed E-state index contributed by atoms with van der Waals surface area (Å²) in [6.45, 7) is 2.14. The highest BCUT2D eigenvalue weighted by Gasteiger charge is 2.27. The molecule has 0 radical (unpaired) electrons. The van der Waals surface area contributed by atoms with Gasteiger partial charge in [0.25, 0.3) is 0 Å². The number of carbonyl (C=O) groups excluding carboxylic acids is 1. The van der Waals surface area contributed by atoms with Crippen LogP contribution in [-0.4, -0.2) is 53.4 Å². The molecule has 9 heteroatoms. The molecule has 8 nitrogen and oxygen atoms in total. The number of aromatic nitrogens is 6. The molecule has 1 amide bonds. The number of aryl methyl sites for hydroxylation is 1. The van der Waals surface area contributed by atoms with Gasteiger partial charge in [-0.05, 0) is 30.7 Å². The molecule has 1 aliphatic heterocycles. The van der Waals surface area contributed by atoms with Gasteiger partial charge in [0.2, 0.25) is 5.91 Å². The summed E-state index contributed by atoms with van der Waals surface area (Å²) in [5, 5.41) is 14.9. The molecular weight excluding hydrogens is 362 g/mol. The molecule has 3 aromatic heterocycles. The Balaban J connectivity index is 1.31. The molecule has 4 rings (SSSR count). The highest BCUT2D eigenvalue weighted by molar-refractivity contribution is 7.09. The van der Waals surface area contributed by atoms with E-state index in [0.29, 0.717) is 18.9 Å². The molecule has 1 fully saturated rings. The predicted octanol–water partition coefficient (Wildman–Crippen LogP) is 1.86. The first-order valence-electron chi connectivity index (χ1n) is 9.21. The highest BCUT2D eigenvalue weighted by Crippen LogP contribution is 2.27. The van der Waals surface area contributed by atoms with Gasteiger partial charge in [0, 0.05) is 37.4 Å². The monoisotopic (exact) mass is 385 g/mol. The molecule has 3 aromatic rings. The zero-order chi connectivity index (χ0) is 18.6. The standard InChI is InChI=1S/C18H23N7OS/c1-23-16(11-25-13-19-12-20-25)21-22-18(23)14-6-8-24(9-7-14)17(26)5-4-15-3-2-10-27-15/h2-3,10,12-14H,4-9,11H2,1H3. The zero-order valence-electron chi connectivity index (χ0n) is 15.4. The Morgan fingerprint density at radius 2 is 2.15 bits per heavy atom. The molecule has 0 N–H and O–H groups in total. The average molecular weight is 385 g/mol. The van der Waals surface area contributed by atoms with Crippen LogP contribution in [0.2, 0.25) is 0 Å². The molecule has 0 bridgehead atoms. The topological polar surface area (TPSA) is 81.7 Å². The Labute approximate surface area is 161 Å². The summed E-state index contributed by atoms with van der Waals surface area (Å²) in [5.74, 6) is 2.46. The first kappa shape index (κ1) is 17.8. The van der Waals surface area contributed by atoms with Crippen LogP contribution >= 0.6 is 11.3 Å². The predicted molar refractivity (Wildman–Crippen MR) is 101 cm³/mol. The summed E-state index contributed by atoms with van der Waals surface area (Å²) < 4.78 is 3.79. The Hall–Kier alpha value is -2.55. The Morgan fingerprint density at radius 3 is 2.85 bits per heavy atom. The fourth-order valence-corrected chi connectivity index (χ4v) is 4.27. The Bertz CT molecular complexity index is 864. The van der Waals surface area contributed by atoms with Gasteiger partial charge in [0.1, 0.15) is 25.0 Å². The molecule has 0 saturated carbocycles. The zero-order valence-corrected chi connectivity index (χ0v) is 16.2. The van der Waals surface area contributed by atoms with Crippen LogP contribution < -0.4 is 0 Å². The lowest BCUT2D eigenvalue weighted by Crippen LogP contribution is -2.38. The largest absolute Gasteiger partial charge is 0.343 e. The average Bonchev–Trinajstić information content (AvgIpc) is 3.44. The lowest BCUT2D eigenvalue weighted by Gasteiger charge is -2.31. The number of hydrogen-bond donors (Lipinski definition) is 0. The van der Waals surface area contributed by atoms with Crippen molar-refractivity contribution in [2.24, 2.45) is 7.05 Å². The lowest BCUT2D eigenvalue weighted by molar-refractivity contribution is -0.132. The van der Waals surface area contributed by atoms with Crippen LogP contribution in [0.3, 0.4) is 0 Å². The lowest BCUT2D eigenvalue weighted by atomic mass is 9.95. The minimum Gasteiger partial charge on any atom is -0.343 e. The number of thiophene rings is 1. The van der Waals surface area contributed by atoms with Crippen molar-refractivity contribution in [3.8, 4) is 0 Å². The summed E-state index contributed by atoms with van der Waals surface area (Å²) in [6, 6.07) is 4.13. The Kier molecular flexibility index (Phi) is 5.28. The van der Waals surface area contributed by atoms with E-state index in [-0.39, 0.29) is 5.91 Å². The second-order valence-corrected chi connectivity index (χ2v) is 7.89. The van der Waals surface area contributed by atoms with Gasteiger partial charge < -0.3 is 9.47 Å². The van der Waals surface area contributed by atoms with Gasteiger partial charge in [0.15, 0.2) is 5.82 Å². The summed E-state index contributed by atoms with van der Waals surface area (Å²) in [4.78, 5) is 19.7. The highest BCUT2D eigenvalue weighted by atomic mass is 32.1. The van der Waals surface area contributed by atoms with E-state index in [4.69, 9.17) is 0 Å². The number of rotatable bonds is 6. The molecule has 1 saturated heterocycles. The number of amides is 1. The van der Waals surface area contributed by atoms with E-state index in [1.165, 1.54) is 11.2 Å². The number of nitrogens with zero attached hydrogens (tertiary/aromatic N) is 7.